The van der Waals surface area contributed by atoms with E-state index in [0.717, 1.165) is 11.5 Å². The summed E-state index contributed by atoms with van der Waals surface area (Å²) in [5.74, 6) is 1.95. The fourth-order valence-electron chi connectivity index (χ4n) is 1.95. The Morgan fingerprint density at radius 3 is 2.24 bits per heavy atom. The molecule has 0 spiro atoms. The van der Waals surface area contributed by atoms with Crippen LogP contribution in [0.2, 0.25) is 0 Å². The summed E-state index contributed by atoms with van der Waals surface area (Å²) in [5.41, 5.74) is 2.29. The molecular weight excluding hydrogens is 260 g/mol. The highest BCUT2D eigenvalue weighted by molar-refractivity contribution is 5.55. The van der Waals surface area contributed by atoms with Crippen LogP contribution in [-0.4, -0.2) is 15.5 Å². The van der Waals surface area contributed by atoms with Crippen molar-refractivity contribution in [2.24, 2.45) is 0 Å². The highest BCUT2D eigenvalue weighted by atomic mass is 15.1. The average Bonchev–Trinajstić information content (AvgIpc) is 2.37. The van der Waals surface area contributed by atoms with Gasteiger partial charge in [0, 0.05) is 17.4 Å². The molecule has 21 heavy (non-hydrogen) atoms. The van der Waals surface area contributed by atoms with E-state index < -0.39 is 0 Å². The van der Waals surface area contributed by atoms with Crippen LogP contribution in [-0.2, 0) is 0 Å². The Bertz CT molecular complexity index is 582. The number of nitrogens with one attached hydrogen (secondary N) is 2. The predicted octanol–water partition coefficient (Wildman–Crippen LogP) is 4.55. The normalized spacial score (nSPS) is 11.5. The lowest BCUT2D eigenvalue weighted by atomic mass is 10.0. The molecule has 2 aromatic rings. The van der Waals surface area contributed by atoms with E-state index in [1.807, 2.05) is 6.07 Å². The lowest BCUT2D eigenvalue weighted by Gasteiger charge is -2.21. The van der Waals surface area contributed by atoms with Gasteiger partial charge in [0.25, 0.3) is 0 Å². The minimum Gasteiger partial charge on any atom is -0.365 e. The third kappa shape index (κ3) is 4.74. The summed E-state index contributed by atoms with van der Waals surface area (Å²) in [5, 5.41) is 6.57. The summed E-state index contributed by atoms with van der Waals surface area (Å²) in [4.78, 5) is 8.74. The van der Waals surface area contributed by atoms with Crippen LogP contribution >= 0.6 is 0 Å². The molecule has 0 unspecified atom stereocenters. The second-order valence-electron chi connectivity index (χ2n) is 6.54. The van der Waals surface area contributed by atoms with Gasteiger partial charge in [-0.15, -0.1) is 0 Å². The first-order chi connectivity index (χ1) is 9.83. The molecule has 0 atom stereocenters. The van der Waals surface area contributed by atoms with Gasteiger partial charge in [-0.25, -0.2) is 4.98 Å². The molecule has 1 aromatic carbocycles. The molecule has 0 bridgehead atoms. The van der Waals surface area contributed by atoms with E-state index in [1.54, 1.807) is 6.20 Å². The van der Waals surface area contributed by atoms with Crippen molar-refractivity contribution in [1.29, 1.82) is 0 Å². The fourth-order valence-corrected chi connectivity index (χ4v) is 1.95. The summed E-state index contributed by atoms with van der Waals surface area (Å²) >= 11 is 0. The smallest absolute Gasteiger partial charge is 0.229 e. The van der Waals surface area contributed by atoms with Crippen molar-refractivity contribution in [2.45, 2.75) is 46.1 Å². The van der Waals surface area contributed by atoms with E-state index in [-0.39, 0.29) is 5.54 Å². The first kappa shape index (κ1) is 15.3. The maximum absolute atomic E-state index is 4.48. The van der Waals surface area contributed by atoms with Gasteiger partial charge >= 0.3 is 0 Å². The van der Waals surface area contributed by atoms with Gasteiger partial charge in [-0.05, 0) is 50.5 Å². The van der Waals surface area contributed by atoms with Crippen molar-refractivity contribution >= 4 is 17.5 Å². The van der Waals surface area contributed by atoms with Crippen LogP contribution in [0.25, 0.3) is 0 Å². The summed E-state index contributed by atoms with van der Waals surface area (Å²) in [7, 11) is 0. The molecule has 2 rings (SSSR count). The van der Waals surface area contributed by atoms with Gasteiger partial charge in [0.05, 0.1) is 0 Å². The predicted molar refractivity (Wildman–Crippen MR) is 89.2 cm³/mol. The minimum atomic E-state index is -0.0233. The van der Waals surface area contributed by atoms with Crippen molar-refractivity contribution < 1.29 is 0 Å². The zero-order valence-corrected chi connectivity index (χ0v) is 13.4. The van der Waals surface area contributed by atoms with Gasteiger partial charge < -0.3 is 10.6 Å². The van der Waals surface area contributed by atoms with Crippen LogP contribution in [0, 0.1) is 0 Å². The molecule has 4 nitrogen and oxygen atoms in total. The molecule has 1 heterocycles. The quantitative estimate of drug-likeness (QED) is 0.864. The van der Waals surface area contributed by atoms with E-state index in [9.17, 15) is 0 Å². The molecule has 2 N–H and O–H groups in total. The van der Waals surface area contributed by atoms with Crippen molar-refractivity contribution in [1.82, 2.24) is 9.97 Å². The standard InChI is InChI=1S/C17H24N4/c1-12(2)13-6-8-14(9-7-13)19-16-18-11-10-15(20-16)21-17(3,4)5/h6-12H,1-5H3,(H2,18,19,20,21). The summed E-state index contributed by atoms with van der Waals surface area (Å²) < 4.78 is 0. The molecule has 0 aliphatic rings. The molecule has 0 aliphatic carbocycles. The maximum Gasteiger partial charge on any atom is 0.229 e. The molecule has 4 heteroatoms. The van der Waals surface area contributed by atoms with Crippen molar-refractivity contribution in [3.8, 4) is 0 Å². The first-order valence-corrected chi connectivity index (χ1v) is 7.32. The van der Waals surface area contributed by atoms with Gasteiger partial charge in [0.1, 0.15) is 5.82 Å². The Hall–Kier alpha value is -2.10. The minimum absolute atomic E-state index is 0.0233. The van der Waals surface area contributed by atoms with E-state index in [1.165, 1.54) is 5.56 Å². The van der Waals surface area contributed by atoms with Gasteiger partial charge in [-0.1, -0.05) is 26.0 Å². The molecule has 0 aliphatic heterocycles. The molecule has 1 aromatic heterocycles. The van der Waals surface area contributed by atoms with Gasteiger partial charge in [-0.3, -0.25) is 0 Å². The monoisotopic (exact) mass is 284 g/mol. The molecular formula is C17H24N4. The van der Waals surface area contributed by atoms with Crippen LogP contribution in [0.5, 0.6) is 0 Å². The van der Waals surface area contributed by atoms with Crippen LogP contribution in [0.4, 0.5) is 17.5 Å². The number of benzene rings is 1. The zero-order valence-electron chi connectivity index (χ0n) is 13.4. The molecule has 0 fully saturated rings. The van der Waals surface area contributed by atoms with Crippen molar-refractivity contribution in [3.63, 3.8) is 0 Å². The summed E-state index contributed by atoms with van der Waals surface area (Å²) in [6, 6.07) is 10.2. The zero-order chi connectivity index (χ0) is 15.5. The van der Waals surface area contributed by atoms with E-state index >= 15 is 0 Å². The second kappa shape index (κ2) is 6.12. The molecule has 0 saturated carbocycles. The number of rotatable bonds is 4. The molecule has 0 saturated heterocycles. The third-order valence-electron chi connectivity index (χ3n) is 2.99. The number of hydrogen-bond donors (Lipinski definition) is 2. The van der Waals surface area contributed by atoms with Gasteiger partial charge in [-0.2, -0.15) is 4.98 Å². The van der Waals surface area contributed by atoms with Crippen molar-refractivity contribution in [3.05, 3.63) is 42.1 Å². The van der Waals surface area contributed by atoms with Crippen LogP contribution in [0.3, 0.4) is 0 Å². The molecule has 0 radical (unpaired) electrons. The Morgan fingerprint density at radius 2 is 1.67 bits per heavy atom. The van der Waals surface area contributed by atoms with Gasteiger partial charge in [0.2, 0.25) is 5.95 Å². The Labute approximate surface area is 127 Å². The Morgan fingerprint density at radius 1 is 1.00 bits per heavy atom. The van der Waals surface area contributed by atoms with E-state index in [0.29, 0.717) is 11.9 Å². The molecule has 112 valence electrons. The molecule has 0 amide bonds. The largest absolute Gasteiger partial charge is 0.365 e. The Kier molecular flexibility index (Phi) is 4.46. The lowest BCUT2D eigenvalue weighted by molar-refractivity contribution is 0.630. The van der Waals surface area contributed by atoms with Crippen LogP contribution in [0.15, 0.2) is 36.5 Å². The van der Waals surface area contributed by atoms with Crippen LogP contribution in [0.1, 0.15) is 46.1 Å². The highest BCUT2D eigenvalue weighted by Crippen LogP contribution is 2.20. The number of nitrogens with zero attached hydrogens (tertiary/aromatic N) is 2. The highest BCUT2D eigenvalue weighted by Gasteiger charge is 2.10. The van der Waals surface area contributed by atoms with Crippen molar-refractivity contribution in [2.75, 3.05) is 10.6 Å². The lowest BCUT2D eigenvalue weighted by Crippen LogP contribution is -2.26. The topological polar surface area (TPSA) is 49.8 Å². The van der Waals surface area contributed by atoms with E-state index in [2.05, 4.69) is 79.5 Å². The average molecular weight is 284 g/mol. The summed E-state index contributed by atoms with van der Waals surface area (Å²) in [6.45, 7) is 10.7. The first-order valence-electron chi connectivity index (χ1n) is 7.32. The summed E-state index contributed by atoms with van der Waals surface area (Å²) in [6.07, 6.45) is 1.76. The maximum atomic E-state index is 4.48. The van der Waals surface area contributed by atoms with Crippen LogP contribution < -0.4 is 10.6 Å². The third-order valence-corrected chi connectivity index (χ3v) is 2.99. The Balaban J connectivity index is 2.10. The second-order valence-corrected chi connectivity index (χ2v) is 6.54. The SMILES string of the molecule is CC(C)c1ccc(Nc2nccc(NC(C)(C)C)n2)cc1. The van der Waals surface area contributed by atoms with E-state index in [4.69, 9.17) is 0 Å². The number of aromatic nitrogens is 2. The fraction of sp³-hybridized carbons (Fsp3) is 0.412. The van der Waals surface area contributed by atoms with Gasteiger partial charge in [0.15, 0.2) is 0 Å². The number of anilines is 3. The number of hydrogen-bond acceptors (Lipinski definition) is 4.